The quantitative estimate of drug-likeness (QED) is 0.725. The van der Waals surface area contributed by atoms with Crippen molar-refractivity contribution in [1.29, 1.82) is 0 Å². The molecule has 0 unspecified atom stereocenters. The Hall–Kier alpha value is -2.54. The van der Waals surface area contributed by atoms with Gasteiger partial charge in [-0.1, -0.05) is 13.3 Å². The summed E-state index contributed by atoms with van der Waals surface area (Å²) in [5.41, 5.74) is 0.797. The molecular formula is C20H29N5O2. The zero-order valence-electron chi connectivity index (χ0n) is 16.0. The van der Waals surface area contributed by atoms with Gasteiger partial charge in [0.05, 0.1) is 12.9 Å². The molecular weight excluding hydrogens is 342 g/mol. The van der Waals surface area contributed by atoms with Gasteiger partial charge in [-0.15, -0.1) is 0 Å². The monoisotopic (exact) mass is 371 g/mol. The Morgan fingerprint density at radius 1 is 1.15 bits per heavy atom. The summed E-state index contributed by atoms with van der Waals surface area (Å²) < 4.78 is 7.73. The van der Waals surface area contributed by atoms with E-state index in [9.17, 15) is 4.79 Å². The third-order valence-electron chi connectivity index (χ3n) is 4.77. The lowest BCUT2D eigenvalue weighted by Gasteiger charge is -2.34. The minimum atomic E-state index is -0.0380. The van der Waals surface area contributed by atoms with Gasteiger partial charge in [0, 0.05) is 57.3 Å². The lowest BCUT2D eigenvalue weighted by molar-refractivity contribution is 0.144. The van der Waals surface area contributed by atoms with E-state index in [-0.39, 0.29) is 6.03 Å². The number of hydrogen-bond donors (Lipinski definition) is 1. The second-order valence-corrected chi connectivity index (χ2v) is 6.79. The number of urea groups is 1. The minimum Gasteiger partial charge on any atom is -0.494 e. The SMILES string of the molecule is CCCCOc1ccc(NC(=O)N2CCN(CCn3ccnc3)CC2)cc1. The number of amides is 2. The number of benzene rings is 1. The van der Waals surface area contributed by atoms with Gasteiger partial charge in [0.25, 0.3) is 0 Å². The third kappa shape index (κ3) is 5.99. The van der Waals surface area contributed by atoms with Crippen molar-refractivity contribution in [3.05, 3.63) is 43.0 Å². The summed E-state index contributed by atoms with van der Waals surface area (Å²) in [6, 6.07) is 7.55. The van der Waals surface area contributed by atoms with Gasteiger partial charge < -0.3 is 19.5 Å². The summed E-state index contributed by atoms with van der Waals surface area (Å²) in [6.45, 7) is 8.06. The van der Waals surface area contributed by atoms with E-state index in [1.54, 1.807) is 6.20 Å². The van der Waals surface area contributed by atoms with Crippen LogP contribution in [0.25, 0.3) is 0 Å². The molecule has 1 N–H and O–H groups in total. The van der Waals surface area contributed by atoms with Gasteiger partial charge in [-0.3, -0.25) is 4.90 Å². The number of anilines is 1. The van der Waals surface area contributed by atoms with Crippen LogP contribution < -0.4 is 10.1 Å². The fourth-order valence-corrected chi connectivity index (χ4v) is 3.02. The van der Waals surface area contributed by atoms with E-state index >= 15 is 0 Å². The normalized spacial score (nSPS) is 14.9. The molecule has 7 nitrogen and oxygen atoms in total. The molecule has 0 atom stereocenters. The average molecular weight is 371 g/mol. The van der Waals surface area contributed by atoms with Crippen LogP contribution in [0, 0.1) is 0 Å². The van der Waals surface area contributed by atoms with E-state index in [1.165, 1.54) is 0 Å². The third-order valence-corrected chi connectivity index (χ3v) is 4.77. The molecule has 7 heteroatoms. The van der Waals surface area contributed by atoms with Crippen molar-refractivity contribution < 1.29 is 9.53 Å². The Bertz CT molecular complexity index is 679. The lowest BCUT2D eigenvalue weighted by Crippen LogP contribution is -2.50. The number of ether oxygens (including phenoxy) is 1. The maximum atomic E-state index is 12.5. The van der Waals surface area contributed by atoms with Gasteiger partial charge in [-0.05, 0) is 30.7 Å². The highest BCUT2D eigenvalue weighted by molar-refractivity contribution is 5.89. The number of rotatable bonds is 8. The highest BCUT2D eigenvalue weighted by atomic mass is 16.5. The average Bonchev–Trinajstić information content (AvgIpc) is 3.22. The number of nitrogens with zero attached hydrogens (tertiary/aromatic N) is 4. The van der Waals surface area contributed by atoms with Crippen LogP contribution in [0.4, 0.5) is 10.5 Å². The van der Waals surface area contributed by atoms with Crippen LogP contribution in [0.15, 0.2) is 43.0 Å². The molecule has 27 heavy (non-hydrogen) atoms. The molecule has 1 aromatic heterocycles. The standard InChI is InChI=1S/C20H29N5O2/c1-2-3-16-27-19-6-4-18(5-7-19)22-20(26)25-14-12-23(13-15-25)10-11-24-9-8-21-17-24/h4-9,17H,2-3,10-16H2,1H3,(H,22,26). The van der Waals surface area contributed by atoms with Crippen LogP contribution in [0.3, 0.4) is 0 Å². The zero-order chi connectivity index (χ0) is 18.9. The summed E-state index contributed by atoms with van der Waals surface area (Å²) in [4.78, 5) is 20.8. The minimum absolute atomic E-state index is 0.0380. The second kappa shape index (κ2) is 9.97. The van der Waals surface area contributed by atoms with E-state index < -0.39 is 0 Å². The summed E-state index contributed by atoms with van der Waals surface area (Å²) >= 11 is 0. The first-order valence-corrected chi connectivity index (χ1v) is 9.71. The summed E-state index contributed by atoms with van der Waals surface area (Å²) in [5, 5.41) is 2.98. The Labute approximate surface area is 160 Å². The zero-order valence-corrected chi connectivity index (χ0v) is 16.0. The first kappa shape index (κ1) is 19.2. The smallest absolute Gasteiger partial charge is 0.321 e. The van der Waals surface area contributed by atoms with Crippen LogP contribution in [-0.2, 0) is 6.54 Å². The van der Waals surface area contributed by atoms with Gasteiger partial charge in [0.15, 0.2) is 0 Å². The molecule has 2 heterocycles. The van der Waals surface area contributed by atoms with Gasteiger partial charge in [-0.25, -0.2) is 9.78 Å². The fraction of sp³-hybridized carbons (Fsp3) is 0.500. The van der Waals surface area contributed by atoms with E-state index in [1.807, 2.05) is 41.7 Å². The van der Waals surface area contributed by atoms with Gasteiger partial charge >= 0.3 is 6.03 Å². The first-order valence-electron chi connectivity index (χ1n) is 9.71. The summed E-state index contributed by atoms with van der Waals surface area (Å²) in [6.07, 6.45) is 7.78. The van der Waals surface area contributed by atoms with Gasteiger partial charge in [-0.2, -0.15) is 0 Å². The van der Waals surface area contributed by atoms with Crippen molar-refractivity contribution >= 4 is 11.7 Å². The Balaban J connectivity index is 1.38. The molecule has 2 aromatic rings. The predicted octanol–water partition coefficient (Wildman–Crippen LogP) is 2.91. The maximum Gasteiger partial charge on any atom is 0.321 e. The highest BCUT2D eigenvalue weighted by Gasteiger charge is 2.20. The number of unbranched alkanes of at least 4 members (excludes halogenated alkanes) is 1. The molecule has 1 aromatic carbocycles. The van der Waals surface area contributed by atoms with Crippen LogP contribution in [0.5, 0.6) is 5.75 Å². The lowest BCUT2D eigenvalue weighted by atomic mass is 10.3. The topological polar surface area (TPSA) is 62.6 Å². The van der Waals surface area contributed by atoms with Crippen LogP contribution in [0.1, 0.15) is 19.8 Å². The number of piperazine rings is 1. The number of imidazole rings is 1. The van der Waals surface area contributed by atoms with Crippen LogP contribution in [0.2, 0.25) is 0 Å². The number of aromatic nitrogens is 2. The van der Waals surface area contributed by atoms with Crippen molar-refractivity contribution in [2.75, 3.05) is 44.6 Å². The van der Waals surface area contributed by atoms with E-state index in [4.69, 9.17) is 4.74 Å². The summed E-state index contributed by atoms with van der Waals surface area (Å²) in [5.74, 6) is 0.841. The van der Waals surface area contributed by atoms with E-state index in [0.29, 0.717) is 0 Å². The molecule has 3 rings (SSSR count). The summed E-state index contributed by atoms with van der Waals surface area (Å²) in [7, 11) is 0. The molecule has 146 valence electrons. The van der Waals surface area contributed by atoms with Crippen LogP contribution >= 0.6 is 0 Å². The number of carbonyl (C=O) groups excluding carboxylic acids is 1. The highest BCUT2D eigenvalue weighted by Crippen LogP contribution is 2.17. The number of hydrogen-bond acceptors (Lipinski definition) is 4. The first-order chi connectivity index (χ1) is 13.2. The van der Waals surface area contributed by atoms with E-state index in [0.717, 1.165) is 70.2 Å². The molecule has 1 saturated heterocycles. The second-order valence-electron chi connectivity index (χ2n) is 6.79. The number of carbonyl (C=O) groups is 1. The maximum absolute atomic E-state index is 12.5. The number of nitrogens with one attached hydrogen (secondary N) is 1. The fourth-order valence-electron chi connectivity index (χ4n) is 3.02. The molecule has 0 saturated carbocycles. The van der Waals surface area contributed by atoms with Crippen molar-refractivity contribution in [2.24, 2.45) is 0 Å². The van der Waals surface area contributed by atoms with Crippen LogP contribution in [-0.4, -0.2) is 64.7 Å². The van der Waals surface area contributed by atoms with Gasteiger partial charge in [0.1, 0.15) is 5.75 Å². The van der Waals surface area contributed by atoms with Gasteiger partial charge in [0.2, 0.25) is 0 Å². The van der Waals surface area contributed by atoms with Crippen molar-refractivity contribution in [3.63, 3.8) is 0 Å². The Morgan fingerprint density at radius 3 is 2.59 bits per heavy atom. The molecule has 0 radical (unpaired) electrons. The van der Waals surface area contributed by atoms with Crippen molar-refractivity contribution in [3.8, 4) is 5.75 Å². The Morgan fingerprint density at radius 2 is 1.93 bits per heavy atom. The molecule has 0 aliphatic carbocycles. The molecule has 0 bridgehead atoms. The van der Waals surface area contributed by atoms with E-state index in [2.05, 4.69) is 26.7 Å². The molecule has 0 spiro atoms. The Kier molecular flexibility index (Phi) is 7.10. The molecule has 1 aliphatic heterocycles. The molecule has 1 fully saturated rings. The molecule has 1 aliphatic rings. The molecule has 2 amide bonds. The predicted molar refractivity (Wildman–Crippen MR) is 106 cm³/mol. The largest absolute Gasteiger partial charge is 0.494 e. The van der Waals surface area contributed by atoms with Crippen molar-refractivity contribution in [2.45, 2.75) is 26.3 Å². The van der Waals surface area contributed by atoms with Crippen molar-refractivity contribution in [1.82, 2.24) is 19.4 Å².